The molecule has 0 saturated heterocycles. The standard InChI is InChI=1S/C21H22O4/c1-12-6-8-16-18(10-12)25-19-11-13(24-2)7-9-17(19)20(16)14-4-3-5-15(14)21(22)23/h6-11,14-15,20H,3-5H2,1-2H3,(H,22,23). The number of fused-ring (bicyclic) bond motifs is 2. The van der Waals surface area contributed by atoms with E-state index in [9.17, 15) is 9.90 Å². The van der Waals surface area contributed by atoms with Gasteiger partial charge < -0.3 is 14.6 Å². The van der Waals surface area contributed by atoms with E-state index in [1.807, 2.05) is 31.2 Å². The lowest BCUT2D eigenvalue weighted by Gasteiger charge is -2.34. The quantitative estimate of drug-likeness (QED) is 0.878. The molecule has 1 N–H and O–H groups in total. The maximum atomic E-state index is 11.8. The number of benzene rings is 2. The van der Waals surface area contributed by atoms with E-state index in [0.717, 1.165) is 53.2 Å². The summed E-state index contributed by atoms with van der Waals surface area (Å²) in [5.41, 5.74) is 3.29. The summed E-state index contributed by atoms with van der Waals surface area (Å²) >= 11 is 0. The van der Waals surface area contributed by atoms with Gasteiger partial charge in [0.05, 0.1) is 13.0 Å². The molecule has 1 aliphatic carbocycles. The van der Waals surface area contributed by atoms with Crippen LogP contribution in [0, 0.1) is 18.8 Å². The van der Waals surface area contributed by atoms with Crippen LogP contribution in [0.5, 0.6) is 17.2 Å². The molecule has 3 atom stereocenters. The highest BCUT2D eigenvalue weighted by Crippen LogP contribution is 2.53. The smallest absolute Gasteiger partial charge is 0.306 e. The number of rotatable bonds is 3. The largest absolute Gasteiger partial charge is 0.497 e. The molecule has 2 aliphatic rings. The van der Waals surface area contributed by atoms with Crippen LogP contribution < -0.4 is 9.47 Å². The zero-order chi connectivity index (χ0) is 17.6. The van der Waals surface area contributed by atoms with E-state index in [4.69, 9.17) is 9.47 Å². The zero-order valence-corrected chi connectivity index (χ0v) is 14.5. The van der Waals surface area contributed by atoms with E-state index in [2.05, 4.69) is 12.1 Å². The first kappa shape index (κ1) is 16.0. The van der Waals surface area contributed by atoms with Crippen molar-refractivity contribution in [2.75, 3.05) is 7.11 Å². The molecule has 0 spiro atoms. The summed E-state index contributed by atoms with van der Waals surface area (Å²) in [6, 6.07) is 12.1. The van der Waals surface area contributed by atoms with Crippen LogP contribution in [0.15, 0.2) is 36.4 Å². The van der Waals surface area contributed by atoms with Gasteiger partial charge in [-0.3, -0.25) is 4.79 Å². The van der Waals surface area contributed by atoms with Gasteiger partial charge in [0, 0.05) is 23.1 Å². The van der Waals surface area contributed by atoms with E-state index in [1.165, 1.54) is 0 Å². The molecular weight excluding hydrogens is 316 g/mol. The Morgan fingerprint density at radius 1 is 1.12 bits per heavy atom. The average Bonchev–Trinajstić information content (AvgIpc) is 3.08. The molecule has 1 heterocycles. The van der Waals surface area contributed by atoms with Gasteiger partial charge in [0.15, 0.2) is 0 Å². The third-order valence-corrected chi connectivity index (χ3v) is 5.59. The lowest BCUT2D eigenvalue weighted by atomic mass is 9.74. The van der Waals surface area contributed by atoms with E-state index in [0.29, 0.717) is 0 Å². The molecule has 4 nitrogen and oxygen atoms in total. The molecule has 0 radical (unpaired) electrons. The molecule has 2 aromatic carbocycles. The van der Waals surface area contributed by atoms with Gasteiger partial charge in [0.1, 0.15) is 17.2 Å². The Bertz CT molecular complexity index is 827. The zero-order valence-electron chi connectivity index (χ0n) is 14.5. The van der Waals surface area contributed by atoms with E-state index < -0.39 is 5.97 Å². The Labute approximate surface area is 147 Å². The number of methoxy groups -OCH3 is 1. The second-order valence-corrected chi connectivity index (χ2v) is 7.06. The third-order valence-electron chi connectivity index (χ3n) is 5.59. The van der Waals surface area contributed by atoms with Crippen LogP contribution in [-0.4, -0.2) is 18.2 Å². The molecule has 4 heteroatoms. The Morgan fingerprint density at radius 2 is 1.84 bits per heavy atom. The van der Waals surface area contributed by atoms with Crippen LogP contribution in [0.25, 0.3) is 0 Å². The van der Waals surface area contributed by atoms with Crippen molar-refractivity contribution < 1.29 is 19.4 Å². The van der Waals surface area contributed by atoms with Gasteiger partial charge in [-0.15, -0.1) is 0 Å². The summed E-state index contributed by atoms with van der Waals surface area (Å²) < 4.78 is 11.5. The Morgan fingerprint density at radius 3 is 2.56 bits per heavy atom. The normalized spacial score (nSPS) is 24.2. The summed E-state index contributed by atoms with van der Waals surface area (Å²) in [6.45, 7) is 2.04. The molecule has 1 saturated carbocycles. The van der Waals surface area contributed by atoms with Crippen molar-refractivity contribution in [3.05, 3.63) is 53.1 Å². The molecule has 4 rings (SSSR count). The first-order valence-electron chi connectivity index (χ1n) is 8.77. The van der Waals surface area contributed by atoms with Crippen LogP contribution in [-0.2, 0) is 4.79 Å². The van der Waals surface area contributed by atoms with Crippen LogP contribution in [0.3, 0.4) is 0 Å². The highest BCUT2D eigenvalue weighted by atomic mass is 16.5. The van der Waals surface area contributed by atoms with Gasteiger partial charge in [-0.1, -0.05) is 24.6 Å². The summed E-state index contributed by atoms with van der Waals surface area (Å²) in [5.74, 6) is 1.52. The van der Waals surface area contributed by atoms with E-state index in [1.54, 1.807) is 7.11 Å². The first-order valence-corrected chi connectivity index (χ1v) is 8.77. The molecule has 130 valence electrons. The fraction of sp³-hybridized carbons (Fsp3) is 0.381. The summed E-state index contributed by atoms with van der Waals surface area (Å²) in [7, 11) is 1.64. The predicted molar refractivity (Wildman–Crippen MR) is 94.6 cm³/mol. The lowest BCUT2D eigenvalue weighted by Crippen LogP contribution is -2.26. The second-order valence-electron chi connectivity index (χ2n) is 7.06. The fourth-order valence-corrected chi connectivity index (χ4v) is 4.42. The van der Waals surface area contributed by atoms with Crippen LogP contribution in [0.1, 0.15) is 41.9 Å². The Hall–Kier alpha value is -2.49. The van der Waals surface area contributed by atoms with Gasteiger partial charge in [0.25, 0.3) is 0 Å². The minimum absolute atomic E-state index is 0.0499. The number of carboxylic acid groups (broad SMARTS) is 1. The number of aryl methyl sites for hydroxylation is 1. The number of aliphatic carboxylic acids is 1. The van der Waals surface area contributed by atoms with Gasteiger partial charge >= 0.3 is 5.97 Å². The second kappa shape index (κ2) is 6.10. The maximum Gasteiger partial charge on any atom is 0.306 e. The number of carboxylic acids is 1. The minimum Gasteiger partial charge on any atom is -0.497 e. The Balaban J connectivity index is 1.86. The van der Waals surface area contributed by atoms with Crippen molar-refractivity contribution in [2.24, 2.45) is 11.8 Å². The number of hydrogen-bond donors (Lipinski definition) is 1. The molecule has 1 aliphatic heterocycles. The molecule has 0 amide bonds. The van der Waals surface area contributed by atoms with E-state index in [-0.39, 0.29) is 17.8 Å². The van der Waals surface area contributed by atoms with Gasteiger partial charge in [-0.25, -0.2) is 0 Å². The van der Waals surface area contributed by atoms with E-state index >= 15 is 0 Å². The highest BCUT2D eigenvalue weighted by molar-refractivity contribution is 5.71. The topological polar surface area (TPSA) is 55.8 Å². The molecular formula is C21H22O4. The molecule has 0 aromatic heterocycles. The van der Waals surface area contributed by atoms with Crippen molar-refractivity contribution in [3.8, 4) is 17.2 Å². The SMILES string of the molecule is COc1ccc2c(c1)Oc1cc(C)ccc1C2C1CCCC1C(=O)O. The van der Waals surface area contributed by atoms with Gasteiger partial charge in [0.2, 0.25) is 0 Å². The number of hydrogen-bond acceptors (Lipinski definition) is 3. The first-order chi connectivity index (χ1) is 12.1. The maximum absolute atomic E-state index is 11.8. The molecule has 3 unspecified atom stereocenters. The highest BCUT2D eigenvalue weighted by Gasteiger charge is 2.42. The summed E-state index contributed by atoms with van der Waals surface area (Å²) in [4.78, 5) is 11.8. The van der Waals surface area contributed by atoms with Crippen LogP contribution in [0.4, 0.5) is 0 Å². The predicted octanol–water partition coefficient (Wildman–Crippen LogP) is 4.74. The Kier molecular flexibility index (Phi) is 3.91. The number of ether oxygens (including phenoxy) is 2. The summed E-state index contributed by atoms with van der Waals surface area (Å²) in [6.07, 6.45) is 2.65. The molecule has 25 heavy (non-hydrogen) atoms. The van der Waals surface area contributed by atoms with Crippen molar-refractivity contribution in [3.63, 3.8) is 0 Å². The minimum atomic E-state index is -0.683. The van der Waals surface area contributed by atoms with Crippen molar-refractivity contribution in [1.29, 1.82) is 0 Å². The van der Waals surface area contributed by atoms with Crippen molar-refractivity contribution in [1.82, 2.24) is 0 Å². The lowest BCUT2D eigenvalue weighted by molar-refractivity contribution is -0.143. The monoisotopic (exact) mass is 338 g/mol. The average molecular weight is 338 g/mol. The van der Waals surface area contributed by atoms with Gasteiger partial charge in [-0.2, -0.15) is 0 Å². The molecule has 1 fully saturated rings. The van der Waals surface area contributed by atoms with Crippen LogP contribution >= 0.6 is 0 Å². The fourth-order valence-electron chi connectivity index (χ4n) is 4.42. The van der Waals surface area contributed by atoms with Crippen LogP contribution in [0.2, 0.25) is 0 Å². The molecule has 2 aromatic rings. The molecule has 0 bridgehead atoms. The van der Waals surface area contributed by atoms with Crippen molar-refractivity contribution >= 4 is 5.97 Å². The summed E-state index contributed by atoms with van der Waals surface area (Å²) in [5, 5.41) is 9.69. The third kappa shape index (κ3) is 2.66. The number of carbonyl (C=O) groups is 1. The van der Waals surface area contributed by atoms with Crippen molar-refractivity contribution in [2.45, 2.75) is 32.1 Å². The van der Waals surface area contributed by atoms with Gasteiger partial charge in [-0.05, 0) is 43.4 Å².